The molecule has 1 aromatic carbocycles. The van der Waals surface area contributed by atoms with Gasteiger partial charge in [-0.25, -0.2) is 14.2 Å². The van der Waals surface area contributed by atoms with Crippen LogP contribution in [0.3, 0.4) is 0 Å². The summed E-state index contributed by atoms with van der Waals surface area (Å²) in [5.74, 6) is 0.260. The SMILES string of the molecule is CC(C)(O)c1cnc(SNC(=O)Nc2c3c(c(F)c4c2CCC4)CCC3)o1. The number of hydrogen-bond donors (Lipinski definition) is 3. The predicted octanol–water partition coefficient (Wildman–Crippen LogP) is 3.85. The van der Waals surface area contributed by atoms with Gasteiger partial charge in [0.15, 0.2) is 5.76 Å². The van der Waals surface area contributed by atoms with Gasteiger partial charge in [0.2, 0.25) is 0 Å². The monoisotopic (exact) mass is 391 g/mol. The lowest BCUT2D eigenvalue weighted by Gasteiger charge is -2.17. The fraction of sp³-hybridized carbons (Fsp3) is 0.474. The van der Waals surface area contributed by atoms with Gasteiger partial charge in [-0.15, -0.1) is 0 Å². The van der Waals surface area contributed by atoms with Crippen LogP contribution in [0.4, 0.5) is 14.9 Å². The number of hydrogen-bond acceptors (Lipinski definition) is 5. The third kappa shape index (κ3) is 3.43. The van der Waals surface area contributed by atoms with E-state index in [2.05, 4.69) is 15.0 Å². The van der Waals surface area contributed by atoms with Gasteiger partial charge >= 0.3 is 6.03 Å². The molecule has 0 spiro atoms. The fourth-order valence-corrected chi connectivity index (χ4v) is 4.32. The number of nitrogens with zero attached hydrogens (tertiary/aromatic N) is 1. The van der Waals surface area contributed by atoms with Crippen molar-refractivity contribution in [2.75, 3.05) is 5.32 Å². The van der Waals surface area contributed by atoms with Crippen LogP contribution in [-0.4, -0.2) is 16.1 Å². The van der Waals surface area contributed by atoms with Crippen molar-refractivity contribution in [3.05, 3.63) is 40.0 Å². The van der Waals surface area contributed by atoms with Gasteiger partial charge < -0.3 is 14.8 Å². The highest BCUT2D eigenvalue weighted by molar-refractivity contribution is 7.97. The minimum Gasteiger partial charge on any atom is -0.432 e. The van der Waals surface area contributed by atoms with E-state index >= 15 is 0 Å². The highest BCUT2D eigenvalue weighted by Gasteiger charge is 2.29. The third-order valence-electron chi connectivity index (χ3n) is 5.13. The second-order valence-corrected chi connectivity index (χ2v) is 8.28. The van der Waals surface area contributed by atoms with Crippen LogP contribution in [0.1, 0.15) is 54.7 Å². The Kier molecular flexibility index (Phi) is 4.63. The average Bonchev–Trinajstić information content (AvgIpc) is 3.36. The lowest BCUT2D eigenvalue weighted by atomic mass is 9.98. The van der Waals surface area contributed by atoms with Crippen LogP contribution in [0.5, 0.6) is 0 Å². The predicted molar refractivity (Wildman–Crippen MR) is 100 cm³/mol. The second kappa shape index (κ2) is 6.83. The highest BCUT2D eigenvalue weighted by Crippen LogP contribution is 2.41. The number of fused-ring (bicyclic) bond motifs is 2. The molecule has 2 amide bonds. The Bertz CT molecular complexity index is 869. The van der Waals surface area contributed by atoms with Crippen molar-refractivity contribution >= 4 is 23.7 Å². The van der Waals surface area contributed by atoms with E-state index in [0.717, 1.165) is 78.4 Å². The molecular formula is C19H22FN3O3S. The minimum absolute atomic E-state index is 0.0609. The zero-order valence-electron chi connectivity index (χ0n) is 15.3. The Morgan fingerprint density at radius 2 is 1.78 bits per heavy atom. The Morgan fingerprint density at radius 1 is 1.19 bits per heavy atom. The number of nitrogens with one attached hydrogen (secondary N) is 2. The van der Waals surface area contributed by atoms with E-state index in [1.807, 2.05) is 0 Å². The molecule has 2 aliphatic rings. The minimum atomic E-state index is -1.14. The van der Waals surface area contributed by atoms with Crippen LogP contribution in [0.25, 0.3) is 0 Å². The molecule has 0 unspecified atom stereocenters. The first-order valence-corrected chi connectivity index (χ1v) is 9.93. The molecule has 1 aromatic heterocycles. The summed E-state index contributed by atoms with van der Waals surface area (Å²) in [4.78, 5) is 16.5. The van der Waals surface area contributed by atoms with Crippen molar-refractivity contribution in [1.29, 1.82) is 0 Å². The highest BCUT2D eigenvalue weighted by atomic mass is 32.2. The lowest BCUT2D eigenvalue weighted by Crippen LogP contribution is -2.24. The van der Waals surface area contributed by atoms with E-state index in [0.29, 0.717) is 5.76 Å². The zero-order valence-corrected chi connectivity index (χ0v) is 16.1. The molecule has 4 rings (SSSR count). The molecule has 0 aliphatic heterocycles. The zero-order chi connectivity index (χ0) is 19.2. The normalized spacial score (nSPS) is 15.6. The van der Waals surface area contributed by atoms with Gasteiger partial charge in [-0.1, -0.05) is 0 Å². The Hall–Kier alpha value is -2.06. The molecule has 0 atom stereocenters. The van der Waals surface area contributed by atoms with E-state index in [1.54, 1.807) is 13.8 Å². The van der Waals surface area contributed by atoms with E-state index < -0.39 is 11.6 Å². The van der Waals surface area contributed by atoms with Crippen molar-refractivity contribution in [2.45, 2.75) is 63.2 Å². The second-order valence-electron chi connectivity index (χ2n) is 7.52. The van der Waals surface area contributed by atoms with E-state index in [9.17, 15) is 14.3 Å². The van der Waals surface area contributed by atoms with Crippen molar-refractivity contribution in [1.82, 2.24) is 9.71 Å². The Labute approximate surface area is 161 Å². The number of benzene rings is 1. The molecule has 27 heavy (non-hydrogen) atoms. The molecule has 144 valence electrons. The topological polar surface area (TPSA) is 87.4 Å². The largest absolute Gasteiger partial charge is 0.432 e. The Balaban J connectivity index is 1.49. The third-order valence-corrected chi connectivity index (χ3v) is 5.78. The van der Waals surface area contributed by atoms with Crippen LogP contribution in [0, 0.1) is 5.82 Å². The first-order valence-electron chi connectivity index (χ1n) is 9.12. The van der Waals surface area contributed by atoms with Crippen LogP contribution in [0.2, 0.25) is 0 Å². The molecule has 0 fully saturated rings. The number of aromatic nitrogens is 1. The smallest absolute Gasteiger partial charge is 0.329 e. The molecule has 8 heteroatoms. The first-order chi connectivity index (χ1) is 12.8. The van der Waals surface area contributed by atoms with Gasteiger partial charge in [-0.2, -0.15) is 0 Å². The summed E-state index contributed by atoms with van der Waals surface area (Å²) in [7, 11) is 0. The maximum Gasteiger partial charge on any atom is 0.329 e. The van der Waals surface area contributed by atoms with E-state index in [1.165, 1.54) is 6.20 Å². The number of rotatable bonds is 4. The number of halogens is 1. The van der Waals surface area contributed by atoms with Crippen LogP contribution in [0.15, 0.2) is 15.8 Å². The van der Waals surface area contributed by atoms with Crippen molar-refractivity contribution < 1.29 is 18.7 Å². The van der Waals surface area contributed by atoms with Gasteiger partial charge in [-0.05, 0) is 74.6 Å². The fourth-order valence-electron chi connectivity index (χ4n) is 3.86. The standard InChI is InChI=1S/C19H22FN3O3S/c1-19(2,25)14-9-21-18(26-14)27-23-17(24)22-16-12-7-3-5-10(12)15(20)11-6-4-8-13(11)16/h9,25H,3-8H2,1-2H3,(H2,22,23,24). The van der Waals surface area contributed by atoms with Crippen LogP contribution < -0.4 is 10.0 Å². The summed E-state index contributed by atoms with van der Waals surface area (Å²) >= 11 is 0.929. The molecule has 1 heterocycles. The number of carbonyl (C=O) groups is 1. The summed E-state index contributed by atoms with van der Waals surface area (Å²) in [6.07, 6.45) is 6.30. The number of carbonyl (C=O) groups excluding carboxylic acids is 1. The molecule has 2 aliphatic carbocycles. The maximum atomic E-state index is 14.7. The molecule has 3 N–H and O–H groups in total. The Morgan fingerprint density at radius 3 is 2.33 bits per heavy atom. The van der Waals surface area contributed by atoms with Gasteiger partial charge in [-0.3, -0.25) is 4.72 Å². The number of anilines is 1. The first kappa shape index (κ1) is 18.3. The summed E-state index contributed by atoms with van der Waals surface area (Å²) in [6.45, 7) is 3.19. The molecule has 0 saturated carbocycles. The molecule has 0 bridgehead atoms. The molecule has 0 radical (unpaired) electrons. The van der Waals surface area contributed by atoms with E-state index in [-0.39, 0.29) is 11.0 Å². The van der Waals surface area contributed by atoms with Crippen molar-refractivity contribution in [3.63, 3.8) is 0 Å². The van der Waals surface area contributed by atoms with Crippen molar-refractivity contribution in [2.24, 2.45) is 0 Å². The average molecular weight is 391 g/mol. The quantitative estimate of drug-likeness (QED) is 0.689. The van der Waals surface area contributed by atoms with Crippen LogP contribution in [-0.2, 0) is 31.3 Å². The molecule has 6 nitrogen and oxygen atoms in total. The van der Waals surface area contributed by atoms with Gasteiger partial charge in [0.1, 0.15) is 11.4 Å². The lowest BCUT2D eigenvalue weighted by molar-refractivity contribution is 0.0503. The summed E-state index contributed by atoms with van der Waals surface area (Å²) in [5, 5.41) is 13.1. The molecular weight excluding hydrogens is 369 g/mol. The van der Waals surface area contributed by atoms with Crippen molar-refractivity contribution in [3.8, 4) is 0 Å². The number of oxazole rings is 1. The summed E-state index contributed by atoms with van der Waals surface area (Å²) < 4.78 is 22.8. The number of aliphatic hydroxyl groups is 1. The number of amides is 2. The van der Waals surface area contributed by atoms with Gasteiger partial charge in [0.05, 0.1) is 6.20 Å². The summed E-state index contributed by atoms with van der Waals surface area (Å²) in [5.41, 5.74) is 3.05. The molecule has 0 saturated heterocycles. The van der Waals surface area contributed by atoms with Crippen LogP contribution >= 0.6 is 11.9 Å². The summed E-state index contributed by atoms with van der Waals surface area (Å²) in [6, 6.07) is -0.405. The molecule has 2 aromatic rings. The number of urea groups is 1. The van der Waals surface area contributed by atoms with Gasteiger partial charge in [0.25, 0.3) is 5.22 Å². The van der Waals surface area contributed by atoms with E-state index in [4.69, 9.17) is 4.42 Å². The van der Waals surface area contributed by atoms with Gasteiger partial charge in [0, 0.05) is 17.6 Å². The maximum absolute atomic E-state index is 14.7.